The van der Waals surface area contributed by atoms with Gasteiger partial charge in [-0.15, -0.1) is 5.10 Å². The van der Waals surface area contributed by atoms with E-state index in [9.17, 15) is 0 Å². The highest BCUT2D eigenvalue weighted by Crippen LogP contribution is 2.30. The number of hydrogen-bond donors (Lipinski definition) is 0. The molecular weight excluding hydrogens is 314 g/mol. The number of ether oxygens (including phenoxy) is 1. The second-order valence-corrected chi connectivity index (χ2v) is 5.87. The summed E-state index contributed by atoms with van der Waals surface area (Å²) in [5, 5.41) is 4.28. The average Bonchev–Trinajstić information content (AvgIpc) is 2.87. The Labute approximate surface area is 116 Å². The fourth-order valence-electron chi connectivity index (χ4n) is 1.77. The first-order valence-electron chi connectivity index (χ1n) is 5.52. The number of aromatic nitrogens is 3. The lowest BCUT2D eigenvalue weighted by atomic mass is 10.1. The van der Waals surface area contributed by atoms with Crippen molar-refractivity contribution in [3.05, 3.63) is 34.4 Å². The van der Waals surface area contributed by atoms with E-state index in [2.05, 4.69) is 26.0 Å². The number of nitrogens with zero attached hydrogens (tertiary/aromatic N) is 3. The van der Waals surface area contributed by atoms with E-state index in [1.807, 2.05) is 37.4 Å². The molecule has 0 fully saturated rings. The van der Waals surface area contributed by atoms with Gasteiger partial charge in [-0.2, -0.15) is 0 Å². The van der Waals surface area contributed by atoms with Crippen molar-refractivity contribution in [2.75, 3.05) is 6.61 Å². The van der Waals surface area contributed by atoms with Crippen LogP contribution in [0.1, 0.15) is 6.92 Å². The highest BCUT2D eigenvalue weighted by molar-refractivity contribution is 9.11. The monoisotopic (exact) mass is 323 g/mol. The second kappa shape index (κ2) is 4.70. The zero-order valence-corrected chi connectivity index (χ0v) is 12.0. The number of fused-ring (bicyclic) bond motifs is 1. The minimum absolute atomic E-state index is 0.642. The fraction of sp³-hybridized carbons (Fsp3) is 0.167. The van der Waals surface area contributed by atoms with Crippen molar-refractivity contribution in [2.45, 2.75) is 6.92 Å². The van der Waals surface area contributed by atoms with Gasteiger partial charge < -0.3 is 4.74 Å². The van der Waals surface area contributed by atoms with Crippen LogP contribution in [0, 0.1) is 0 Å². The lowest BCUT2D eigenvalue weighted by Gasteiger charge is -2.07. The Morgan fingerprint density at radius 2 is 2.22 bits per heavy atom. The Morgan fingerprint density at radius 1 is 1.39 bits per heavy atom. The van der Waals surface area contributed by atoms with Crippen molar-refractivity contribution in [3.8, 4) is 17.0 Å². The SMILES string of the molecule is CCOc1ccccc1-c1cn2nc(Br)sc2n1. The van der Waals surface area contributed by atoms with Gasteiger partial charge in [-0.05, 0) is 35.0 Å². The van der Waals surface area contributed by atoms with Gasteiger partial charge in [0.1, 0.15) is 5.75 Å². The maximum absolute atomic E-state index is 5.61. The van der Waals surface area contributed by atoms with Crippen molar-refractivity contribution >= 4 is 32.2 Å². The first kappa shape index (κ1) is 11.7. The third-order valence-electron chi connectivity index (χ3n) is 2.48. The van der Waals surface area contributed by atoms with E-state index in [1.165, 1.54) is 11.3 Å². The van der Waals surface area contributed by atoms with Crippen LogP contribution < -0.4 is 4.74 Å². The molecule has 2 heterocycles. The van der Waals surface area contributed by atoms with Gasteiger partial charge in [0.05, 0.1) is 18.5 Å². The number of para-hydroxylation sites is 1. The summed E-state index contributed by atoms with van der Waals surface area (Å²) in [5.41, 5.74) is 1.87. The Balaban J connectivity index is 2.10. The smallest absolute Gasteiger partial charge is 0.213 e. The molecule has 92 valence electrons. The van der Waals surface area contributed by atoms with Crippen LogP contribution in [0.25, 0.3) is 16.2 Å². The minimum atomic E-state index is 0.642. The third-order valence-corrected chi connectivity index (χ3v) is 3.84. The number of hydrogen-bond acceptors (Lipinski definition) is 4. The van der Waals surface area contributed by atoms with Gasteiger partial charge in [0, 0.05) is 5.56 Å². The largest absolute Gasteiger partial charge is 0.493 e. The molecule has 6 heteroatoms. The third kappa shape index (κ3) is 2.02. The molecular formula is C12H10BrN3OS. The first-order chi connectivity index (χ1) is 8.78. The highest BCUT2D eigenvalue weighted by Gasteiger charge is 2.11. The van der Waals surface area contributed by atoms with E-state index in [-0.39, 0.29) is 0 Å². The van der Waals surface area contributed by atoms with Gasteiger partial charge in [-0.25, -0.2) is 9.50 Å². The van der Waals surface area contributed by atoms with Crippen LogP contribution in [-0.2, 0) is 0 Å². The van der Waals surface area contributed by atoms with Crippen LogP contribution in [0.15, 0.2) is 34.4 Å². The fourth-order valence-corrected chi connectivity index (χ4v) is 2.98. The Hall–Kier alpha value is -1.40. The molecule has 0 radical (unpaired) electrons. The van der Waals surface area contributed by atoms with Crippen LogP contribution in [0.4, 0.5) is 0 Å². The maximum Gasteiger partial charge on any atom is 0.213 e. The molecule has 4 nitrogen and oxygen atoms in total. The second-order valence-electron chi connectivity index (χ2n) is 3.64. The summed E-state index contributed by atoms with van der Waals surface area (Å²) in [7, 11) is 0. The molecule has 0 unspecified atom stereocenters. The van der Waals surface area contributed by atoms with Gasteiger partial charge in [-0.3, -0.25) is 0 Å². The molecule has 1 aromatic carbocycles. The summed E-state index contributed by atoms with van der Waals surface area (Å²) in [5.74, 6) is 0.852. The lowest BCUT2D eigenvalue weighted by Crippen LogP contribution is -1.93. The zero-order chi connectivity index (χ0) is 12.5. The molecule has 0 spiro atoms. The molecule has 0 aliphatic carbocycles. The van der Waals surface area contributed by atoms with Gasteiger partial charge in [-0.1, -0.05) is 23.5 Å². The molecule has 2 aromatic heterocycles. The molecule has 0 saturated carbocycles. The minimum Gasteiger partial charge on any atom is -0.493 e. The Kier molecular flexibility index (Phi) is 3.05. The van der Waals surface area contributed by atoms with Crippen LogP contribution in [0.2, 0.25) is 0 Å². The number of imidazole rings is 1. The van der Waals surface area contributed by atoms with Crippen molar-refractivity contribution in [2.24, 2.45) is 0 Å². The van der Waals surface area contributed by atoms with Crippen molar-refractivity contribution in [3.63, 3.8) is 0 Å². The van der Waals surface area contributed by atoms with Crippen LogP contribution in [0.3, 0.4) is 0 Å². The molecule has 0 aliphatic rings. The van der Waals surface area contributed by atoms with Gasteiger partial charge in [0.15, 0.2) is 3.92 Å². The van der Waals surface area contributed by atoms with E-state index < -0.39 is 0 Å². The summed E-state index contributed by atoms with van der Waals surface area (Å²) >= 11 is 4.85. The predicted octanol–water partition coefficient (Wildman–Crippen LogP) is 3.62. The maximum atomic E-state index is 5.61. The summed E-state index contributed by atoms with van der Waals surface area (Å²) in [6.07, 6.45) is 1.91. The number of halogens is 1. The Bertz CT molecular complexity index is 660. The topological polar surface area (TPSA) is 39.4 Å². The zero-order valence-electron chi connectivity index (χ0n) is 9.63. The van der Waals surface area contributed by atoms with Crippen molar-refractivity contribution in [1.82, 2.24) is 14.6 Å². The van der Waals surface area contributed by atoms with E-state index in [0.717, 1.165) is 25.9 Å². The highest BCUT2D eigenvalue weighted by atomic mass is 79.9. The van der Waals surface area contributed by atoms with E-state index in [1.54, 1.807) is 4.52 Å². The number of rotatable bonds is 3. The van der Waals surface area contributed by atoms with Gasteiger partial charge in [0.25, 0.3) is 0 Å². The molecule has 0 bridgehead atoms. The average molecular weight is 324 g/mol. The van der Waals surface area contributed by atoms with E-state index in [0.29, 0.717) is 6.61 Å². The molecule has 0 amide bonds. The summed E-state index contributed by atoms with van der Waals surface area (Å²) < 4.78 is 8.21. The van der Waals surface area contributed by atoms with Gasteiger partial charge >= 0.3 is 0 Å². The standard InChI is InChI=1S/C12H10BrN3OS/c1-2-17-10-6-4-3-5-8(10)9-7-16-12(14-9)18-11(13)15-16/h3-7H,2H2,1H3. The number of benzene rings is 1. The molecule has 3 aromatic rings. The molecule has 0 saturated heterocycles. The van der Waals surface area contributed by atoms with E-state index >= 15 is 0 Å². The normalized spacial score (nSPS) is 11.0. The molecule has 0 atom stereocenters. The molecule has 0 N–H and O–H groups in total. The van der Waals surface area contributed by atoms with Crippen molar-refractivity contribution < 1.29 is 4.74 Å². The Morgan fingerprint density at radius 3 is 3.00 bits per heavy atom. The molecule has 0 aliphatic heterocycles. The van der Waals surface area contributed by atoms with Crippen LogP contribution >= 0.6 is 27.3 Å². The van der Waals surface area contributed by atoms with Gasteiger partial charge in [0.2, 0.25) is 4.96 Å². The lowest BCUT2D eigenvalue weighted by molar-refractivity contribution is 0.341. The summed E-state index contributed by atoms with van der Waals surface area (Å²) in [6.45, 7) is 2.62. The summed E-state index contributed by atoms with van der Waals surface area (Å²) in [6, 6.07) is 7.90. The summed E-state index contributed by atoms with van der Waals surface area (Å²) in [4.78, 5) is 5.42. The quantitative estimate of drug-likeness (QED) is 0.739. The first-order valence-corrected chi connectivity index (χ1v) is 7.13. The van der Waals surface area contributed by atoms with Crippen molar-refractivity contribution in [1.29, 1.82) is 0 Å². The van der Waals surface area contributed by atoms with E-state index in [4.69, 9.17) is 4.74 Å². The van der Waals surface area contributed by atoms with Crippen LogP contribution in [0.5, 0.6) is 5.75 Å². The molecule has 18 heavy (non-hydrogen) atoms. The molecule has 3 rings (SSSR count). The van der Waals surface area contributed by atoms with Crippen LogP contribution in [-0.4, -0.2) is 21.2 Å². The predicted molar refractivity (Wildman–Crippen MR) is 75.2 cm³/mol.